The van der Waals surface area contributed by atoms with Crippen molar-refractivity contribution in [1.82, 2.24) is 0 Å². The van der Waals surface area contributed by atoms with Crippen LogP contribution in [0.15, 0.2) is 84.0 Å². The Labute approximate surface area is 168 Å². The molecular formula is C24H18ClNO2. The number of carbonyl (C=O) groups is 1. The molecule has 3 nitrogen and oxygen atoms in total. The molecule has 1 aliphatic heterocycles. The molecule has 2 aliphatic rings. The largest absolute Gasteiger partial charge is 0.379 e. The molecule has 1 heterocycles. The first-order chi connectivity index (χ1) is 13.7. The Hall–Kier alpha value is -2.91. The van der Waals surface area contributed by atoms with Crippen molar-refractivity contribution >= 4 is 23.1 Å². The third kappa shape index (κ3) is 2.58. The highest BCUT2D eigenvalue weighted by atomic mass is 35.5. The van der Waals surface area contributed by atoms with Crippen molar-refractivity contribution < 1.29 is 9.63 Å². The summed E-state index contributed by atoms with van der Waals surface area (Å²) in [4.78, 5) is 19.7. The Bertz CT molecular complexity index is 1080. The van der Waals surface area contributed by atoms with Gasteiger partial charge in [-0.05, 0) is 29.7 Å². The van der Waals surface area contributed by atoms with Gasteiger partial charge in [0.1, 0.15) is 0 Å². The van der Waals surface area contributed by atoms with Crippen molar-refractivity contribution in [3.8, 4) is 0 Å². The maximum Gasteiger partial charge on any atom is 0.212 e. The number of oxime groups is 1. The third-order valence-electron chi connectivity index (χ3n) is 5.73. The average Bonchev–Trinajstić information content (AvgIpc) is 3.12. The van der Waals surface area contributed by atoms with E-state index >= 15 is 0 Å². The molecule has 0 fully saturated rings. The van der Waals surface area contributed by atoms with Crippen LogP contribution in [0.1, 0.15) is 39.4 Å². The number of hydrogen-bond donors (Lipinski definition) is 0. The number of rotatable bonds is 2. The molecule has 0 unspecified atom stereocenters. The Morgan fingerprint density at radius 3 is 2.43 bits per heavy atom. The van der Waals surface area contributed by atoms with E-state index in [-0.39, 0.29) is 11.7 Å². The second kappa shape index (κ2) is 6.61. The van der Waals surface area contributed by atoms with Gasteiger partial charge in [0.05, 0.1) is 11.6 Å². The van der Waals surface area contributed by atoms with Gasteiger partial charge in [0.25, 0.3) is 0 Å². The molecule has 0 radical (unpaired) electrons. The molecule has 5 rings (SSSR count). The summed E-state index contributed by atoms with van der Waals surface area (Å²) in [6.07, 6.45) is 1.39. The summed E-state index contributed by atoms with van der Waals surface area (Å²) in [6, 6.07) is 25.4. The summed E-state index contributed by atoms with van der Waals surface area (Å²) < 4.78 is 0. The van der Waals surface area contributed by atoms with Crippen molar-refractivity contribution in [1.29, 1.82) is 0 Å². The number of nitrogens with zero attached hydrogens (tertiary/aromatic N) is 1. The minimum Gasteiger partial charge on any atom is -0.379 e. The number of halogens is 1. The summed E-state index contributed by atoms with van der Waals surface area (Å²) in [5.41, 5.74) is 3.53. The van der Waals surface area contributed by atoms with Gasteiger partial charge in [0, 0.05) is 22.6 Å². The SMILES string of the molecule is O=C1c2ccccc2CC[C@@]12ON=C(c1ccc(Cl)cc1)[C@@H]2c1ccccc1. The molecule has 0 saturated heterocycles. The van der Waals surface area contributed by atoms with Crippen LogP contribution in [0, 0.1) is 0 Å². The van der Waals surface area contributed by atoms with Gasteiger partial charge >= 0.3 is 0 Å². The van der Waals surface area contributed by atoms with Gasteiger partial charge in [-0.2, -0.15) is 0 Å². The lowest BCUT2D eigenvalue weighted by atomic mass is 9.68. The first-order valence-corrected chi connectivity index (χ1v) is 9.76. The summed E-state index contributed by atoms with van der Waals surface area (Å²) in [7, 11) is 0. The lowest BCUT2D eigenvalue weighted by Gasteiger charge is -2.36. The molecule has 28 heavy (non-hydrogen) atoms. The number of aryl methyl sites for hydroxylation is 1. The van der Waals surface area contributed by atoms with E-state index in [1.807, 2.05) is 78.9 Å². The summed E-state index contributed by atoms with van der Waals surface area (Å²) in [5.74, 6) is -0.258. The van der Waals surface area contributed by atoms with Gasteiger partial charge < -0.3 is 4.84 Å². The molecule has 0 aromatic heterocycles. The summed E-state index contributed by atoms with van der Waals surface area (Å²) in [5, 5.41) is 5.11. The molecule has 0 N–H and O–H groups in total. The highest BCUT2D eigenvalue weighted by molar-refractivity contribution is 6.30. The predicted octanol–water partition coefficient (Wildman–Crippen LogP) is 5.43. The van der Waals surface area contributed by atoms with E-state index < -0.39 is 5.60 Å². The van der Waals surface area contributed by atoms with E-state index in [4.69, 9.17) is 16.4 Å². The van der Waals surface area contributed by atoms with E-state index in [0.29, 0.717) is 11.4 Å². The number of fused-ring (bicyclic) bond motifs is 1. The number of Topliss-reactive ketones (excluding diaryl/α,β-unsaturated/α-hetero) is 1. The maximum atomic E-state index is 13.6. The molecule has 1 aliphatic carbocycles. The van der Waals surface area contributed by atoms with E-state index in [2.05, 4.69) is 5.16 Å². The Morgan fingerprint density at radius 2 is 1.64 bits per heavy atom. The van der Waals surface area contributed by atoms with Gasteiger partial charge in [0.15, 0.2) is 0 Å². The van der Waals surface area contributed by atoms with Crippen LogP contribution in [0.25, 0.3) is 0 Å². The Kier molecular flexibility index (Phi) is 4.06. The van der Waals surface area contributed by atoms with Crippen molar-refractivity contribution in [2.24, 2.45) is 5.16 Å². The molecular weight excluding hydrogens is 370 g/mol. The highest BCUT2D eigenvalue weighted by Crippen LogP contribution is 2.47. The van der Waals surface area contributed by atoms with Crippen LogP contribution >= 0.6 is 11.6 Å². The van der Waals surface area contributed by atoms with E-state index in [0.717, 1.165) is 34.4 Å². The van der Waals surface area contributed by atoms with Crippen LogP contribution in [0.4, 0.5) is 0 Å². The fourth-order valence-corrected chi connectivity index (χ4v) is 4.48. The fourth-order valence-electron chi connectivity index (χ4n) is 4.35. The van der Waals surface area contributed by atoms with Crippen LogP contribution in [0.5, 0.6) is 0 Å². The molecule has 1 spiro atoms. The van der Waals surface area contributed by atoms with Crippen molar-refractivity contribution in [2.45, 2.75) is 24.4 Å². The molecule has 2 atom stereocenters. The molecule has 0 amide bonds. The number of benzene rings is 3. The summed E-state index contributed by atoms with van der Waals surface area (Å²) >= 11 is 6.07. The number of carbonyl (C=O) groups excluding carboxylic acids is 1. The second-order valence-corrected chi connectivity index (χ2v) is 7.73. The van der Waals surface area contributed by atoms with E-state index in [9.17, 15) is 4.79 Å². The molecule has 138 valence electrons. The molecule has 3 aromatic rings. The Balaban J connectivity index is 1.65. The summed E-state index contributed by atoms with van der Waals surface area (Å²) in [6.45, 7) is 0. The van der Waals surface area contributed by atoms with Crippen molar-refractivity contribution in [2.75, 3.05) is 0 Å². The van der Waals surface area contributed by atoms with E-state index in [1.165, 1.54) is 0 Å². The minimum atomic E-state index is -1.01. The van der Waals surface area contributed by atoms with Crippen molar-refractivity contribution in [3.63, 3.8) is 0 Å². The molecule has 3 aromatic carbocycles. The van der Waals surface area contributed by atoms with Gasteiger partial charge in [0.2, 0.25) is 11.4 Å². The highest BCUT2D eigenvalue weighted by Gasteiger charge is 2.57. The van der Waals surface area contributed by atoms with Crippen LogP contribution in [-0.4, -0.2) is 17.1 Å². The number of hydrogen-bond acceptors (Lipinski definition) is 3. The predicted molar refractivity (Wildman–Crippen MR) is 110 cm³/mol. The quantitative estimate of drug-likeness (QED) is 0.588. The van der Waals surface area contributed by atoms with Gasteiger partial charge in [-0.25, -0.2) is 0 Å². The van der Waals surface area contributed by atoms with Crippen LogP contribution in [0.3, 0.4) is 0 Å². The topological polar surface area (TPSA) is 38.7 Å². The zero-order valence-electron chi connectivity index (χ0n) is 15.1. The fraction of sp³-hybridized carbons (Fsp3) is 0.167. The monoisotopic (exact) mass is 387 g/mol. The van der Waals surface area contributed by atoms with Crippen LogP contribution in [0.2, 0.25) is 5.02 Å². The van der Waals surface area contributed by atoms with Gasteiger partial charge in [-0.15, -0.1) is 0 Å². The van der Waals surface area contributed by atoms with Crippen molar-refractivity contribution in [3.05, 3.63) is 106 Å². The molecule has 0 saturated carbocycles. The maximum absolute atomic E-state index is 13.6. The molecule has 0 bridgehead atoms. The lowest BCUT2D eigenvalue weighted by molar-refractivity contribution is -0.0196. The average molecular weight is 388 g/mol. The standard InChI is InChI=1S/C24H18ClNO2/c25-19-12-10-18(11-13-19)22-21(17-7-2-1-3-8-17)24(28-26-22)15-14-16-6-4-5-9-20(16)23(24)27/h1-13,21H,14-15H2/t21-,24-/m0/s1. The molecule has 4 heteroatoms. The van der Waals surface area contributed by atoms with Crippen LogP contribution < -0.4 is 0 Å². The zero-order valence-corrected chi connectivity index (χ0v) is 15.9. The Morgan fingerprint density at radius 1 is 0.929 bits per heavy atom. The second-order valence-electron chi connectivity index (χ2n) is 7.29. The minimum absolute atomic E-state index is 0.0101. The first kappa shape index (κ1) is 17.2. The first-order valence-electron chi connectivity index (χ1n) is 9.39. The smallest absolute Gasteiger partial charge is 0.212 e. The van der Waals surface area contributed by atoms with E-state index in [1.54, 1.807) is 0 Å². The third-order valence-corrected chi connectivity index (χ3v) is 5.98. The van der Waals surface area contributed by atoms with Gasteiger partial charge in [-0.3, -0.25) is 4.79 Å². The van der Waals surface area contributed by atoms with Gasteiger partial charge in [-0.1, -0.05) is 83.5 Å². The normalized spacial score (nSPS) is 23.2. The zero-order chi connectivity index (χ0) is 19.1. The lowest BCUT2D eigenvalue weighted by Crippen LogP contribution is -2.48. The van der Waals surface area contributed by atoms with Crippen LogP contribution in [-0.2, 0) is 11.3 Å². The number of ketones is 1.